The lowest BCUT2D eigenvalue weighted by Gasteiger charge is -2.38. The normalized spacial score (nSPS) is 29.6. The molecule has 3 heterocycles. The molecule has 4 heteroatoms. The van der Waals surface area contributed by atoms with Crippen molar-refractivity contribution in [2.24, 2.45) is 17.8 Å². The molecular weight excluding hydrogens is 609 g/mol. The van der Waals surface area contributed by atoms with Crippen LogP contribution in [0.4, 0.5) is 5.69 Å². The van der Waals surface area contributed by atoms with E-state index in [1.54, 1.807) is 0 Å². The molecule has 4 nitrogen and oxygen atoms in total. The molecule has 0 saturated carbocycles. The third-order valence-electron chi connectivity index (χ3n) is 11.9. The summed E-state index contributed by atoms with van der Waals surface area (Å²) in [5, 5.41) is 10.6. The van der Waals surface area contributed by atoms with Crippen molar-refractivity contribution in [1.29, 1.82) is 0 Å². The Hall–Kier alpha value is -5.06. The first-order valence-electron chi connectivity index (χ1n) is 18.7. The molecule has 7 unspecified atom stereocenters. The van der Waals surface area contributed by atoms with Gasteiger partial charge in [-0.15, -0.1) is 0 Å². The second-order valence-corrected chi connectivity index (χ2v) is 14.8. The minimum Gasteiger partial charge on any atom is -0.369 e. The summed E-state index contributed by atoms with van der Waals surface area (Å²) in [4.78, 5) is 2.78. The van der Waals surface area contributed by atoms with Crippen molar-refractivity contribution in [2.45, 2.75) is 56.4 Å². The first-order valence-corrected chi connectivity index (χ1v) is 18.7. The number of hydrogen-bond acceptors (Lipinski definition) is 3. The van der Waals surface area contributed by atoms with E-state index < -0.39 is 0 Å². The Morgan fingerprint density at radius 3 is 2.26 bits per heavy atom. The Morgan fingerprint density at radius 1 is 0.680 bits per heavy atom. The van der Waals surface area contributed by atoms with E-state index >= 15 is 0 Å². The van der Waals surface area contributed by atoms with Gasteiger partial charge < -0.3 is 14.8 Å². The smallest absolute Gasteiger partial charge is 0.0842 e. The number of para-hydroxylation sites is 2. The van der Waals surface area contributed by atoms with Crippen molar-refractivity contribution in [3.63, 3.8) is 0 Å². The van der Waals surface area contributed by atoms with Gasteiger partial charge in [-0.05, 0) is 80.0 Å². The van der Waals surface area contributed by atoms with Crippen molar-refractivity contribution < 1.29 is 0 Å². The van der Waals surface area contributed by atoms with Crippen molar-refractivity contribution in [2.75, 3.05) is 4.90 Å². The third kappa shape index (κ3) is 5.00. The van der Waals surface area contributed by atoms with Crippen LogP contribution in [0, 0.1) is 17.8 Å². The van der Waals surface area contributed by atoms with Gasteiger partial charge in [-0.1, -0.05) is 115 Å². The summed E-state index contributed by atoms with van der Waals surface area (Å²) < 4.78 is 2.50. The van der Waals surface area contributed by atoms with Crippen molar-refractivity contribution >= 4 is 33.2 Å². The van der Waals surface area contributed by atoms with Crippen LogP contribution in [0.25, 0.3) is 33.2 Å². The molecule has 248 valence electrons. The number of nitrogens with zero attached hydrogens (tertiary/aromatic N) is 2. The first kappa shape index (κ1) is 29.8. The van der Waals surface area contributed by atoms with Gasteiger partial charge in [0.05, 0.1) is 29.3 Å². The first-order chi connectivity index (χ1) is 24.8. The lowest BCUT2D eigenvalue weighted by molar-refractivity contribution is 0.359. The molecule has 4 aliphatic carbocycles. The van der Waals surface area contributed by atoms with Crippen LogP contribution in [0.2, 0.25) is 0 Å². The minimum atomic E-state index is 0.119. The largest absolute Gasteiger partial charge is 0.369 e. The van der Waals surface area contributed by atoms with Gasteiger partial charge in [-0.2, -0.15) is 0 Å². The Kier molecular flexibility index (Phi) is 7.38. The summed E-state index contributed by atoms with van der Waals surface area (Å²) in [6, 6.07) is 26.1. The van der Waals surface area contributed by atoms with Gasteiger partial charge >= 0.3 is 0 Å². The Labute approximate surface area is 295 Å². The van der Waals surface area contributed by atoms with Crippen LogP contribution in [0.1, 0.15) is 37.7 Å². The van der Waals surface area contributed by atoms with Crippen molar-refractivity contribution in [3.8, 4) is 5.69 Å². The number of anilines is 1. The van der Waals surface area contributed by atoms with Gasteiger partial charge in [-0.3, -0.25) is 5.32 Å². The van der Waals surface area contributed by atoms with E-state index in [0.717, 1.165) is 32.1 Å². The van der Waals surface area contributed by atoms with Crippen LogP contribution in [0.5, 0.6) is 0 Å². The SMILES string of the molecule is C1=CCC(C2NC(c3cc(N4C5C=CC=CC5C5CC=CCC54)cc(-n4c5ccccc5c5ccccc54)c3)=CC(C3=CCCC=C3)N2)C=C1. The van der Waals surface area contributed by atoms with Crippen LogP contribution in [0.15, 0.2) is 157 Å². The molecule has 1 fully saturated rings. The zero-order chi connectivity index (χ0) is 33.0. The fraction of sp³-hybridized carbons (Fsp3) is 0.261. The highest BCUT2D eigenvalue weighted by molar-refractivity contribution is 6.09. The maximum atomic E-state index is 4.04. The summed E-state index contributed by atoms with van der Waals surface area (Å²) in [5.41, 5.74) is 8.83. The van der Waals surface area contributed by atoms with Crippen LogP contribution in [-0.4, -0.2) is 28.9 Å². The topological polar surface area (TPSA) is 32.2 Å². The molecule has 10 rings (SSSR count). The molecule has 0 bridgehead atoms. The molecule has 2 aliphatic heterocycles. The molecule has 3 aromatic carbocycles. The number of rotatable bonds is 5. The monoisotopic (exact) mass is 652 g/mol. The molecule has 50 heavy (non-hydrogen) atoms. The van der Waals surface area contributed by atoms with Crippen LogP contribution < -0.4 is 15.5 Å². The van der Waals surface area contributed by atoms with Gasteiger partial charge in [0.2, 0.25) is 0 Å². The number of hydrogen-bond donors (Lipinski definition) is 2. The summed E-state index contributed by atoms with van der Waals surface area (Å²) in [7, 11) is 0. The molecular formula is C46H44N4. The van der Waals surface area contributed by atoms with E-state index in [2.05, 4.69) is 172 Å². The number of benzene rings is 3. The van der Waals surface area contributed by atoms with Crippen LogP contribution >= 0.6 is 0 Å². The average molecular weight is 653 g/mol. The fourth-order valence-electron chi connectivity index (χ4n) is 9.63. The zero-order valence-electron chi connectivity index (χ0n) is 28.4. The summed E-state index contributed by atoms with van der Waals surface area (Å²) in [5.74, 6) is 1.51. The molecule has 2 N–H and O–H groups in total. The molecule has 1 aromatic heterocycles. The Morgan fingerprint density at radius 2 is 1.46 bits per heavy atom. The molecule has 7 atom stereocenters. The zero-order valence-corrected chi connectivity index (χ0v) is 28.4. The maximum Gasteiger partial charge on any atom is 0.0842 e. The van der Waals surface area contributed by atoms with Gasteiger partial charge in [0.25, 0.3) is 0 Å². The molecule has 4 aromatic rings. The highest BCUT2D eigenvalue weighted by Gasteiger charge is 2.47. The predicted octanol–water partition coefficient (Wildman–Crippen LogP) is 9.69. The summed E-state index contributed by atoms with van der Waals surface area (Å²) >= 11 is 0. The van der Waals surface area contributed by atoms with Crippen molar-refractivity contribution in [3.05, 3.63) is 163 Å². The number of fused-ring (bicyclic) bond motifs is 6. The molecule has 0 radical (unpaired) electrons. The van der Waals surface area contributed by atoms with Gasteiger partial charge in [-0.25, -0.2) is 0 Å². The number of nitrogens with one attached hydrogen (secondary N) is 2. The Balaban J connectivity index is 1.18. The molecule has 0 amide bonds. The summed E-state index contributed by atoms with van der Waals surface area (Å²) in [6.45, 7) is 0. The van der Waals surface area contributed by atoms with E-state index in [9.17, 15) is 0 Å². The average Bonchev–Trinajstić information content (AvgIpc) is 3.71. The lowest BCUT2D eigenvalue weighted by Crippen LogP contribution is -2.54. The van der Waals surface area contributed by atoms with E-state index in [-0.39, 0.29) is 12.2 Å². The highest BCUT2D eigenvalue weighted by Crippen LogP contribution is 2.47. The predicted molar refractivity (Wildman–Crippen MR) is 209 cm³/mol. The quantitative estimate of drug-likeness (QED) is 0.211. The molecule has 1 saturated heterocycles. The van der Waals surface area contributed by atoms with Gasteiger partial charge in [0.15, 0.2) is 0 Å². The second kappa shape index (κ2) is 12.4. The third-order valence-corrected chi connectivity index (χ3v) is 11.9. The van der Waals surface area contributed by atoms with Gasteiger partial charge in [0, 0.05) is 51.3 Å². The molecule has 6 aliphatic rings. The van der Waals surface area contributed by atoms with Gasteiger partial charge in [0.1, 0.15) is 0 Å². The number of aromatic nitrogens is 1. The maximum absolute atomic E-state index is 4.04. The van der Waals surface area contributed by atoms with E-state index in [0.29, 0.717) is 29.8 Å². The van der Waals surface area contributed by atoms with Crippen LogP contribution in [0.3, 0.4) is 0 Å². The lowest BCUT2D eigenvalue weighted by atomic mass is 9.80. The van der Waals surface area contributed by atoms with Crippen molar-refractivity contribution in [1.82, 2.24) is 15.2 Å². The Bertz CT molecular complexity index is 2170. The highest BCUT2D eigenvalue weighted by atomic mass is 15.2. The van der Waals surface area contributed by atoms with E-state index in [1.807, 2.05) is 0 Å². The molecule has 0 spiro atoms. The second-order valence-electron chi connectivity index (χ2n) is 14.8. The van der Waals surface area contributed by atoms with E-state index in [4.69, 9.17) is 0 Å². The standard InChI is InChI=1S/C46H44N4/c1-3-15-31(16-4-1)40-30-41(48-46(47-40)32-17-5-2-6-18-32)33-27-34(49-42-23-11-7-19-36(42)37-20-8-12-24-43(37)49)29-35(28-33)50-44-25-13-9-21-38(44)39-22-10-14-26-45(39)50/h2-3,5-17,19-21,23-25,27-30,32,38-40,44-48H,1,4,18,22,26H2. The summed E-state index contributed by atoms with van der Waals surface area (Å²) in [6.07, 6.45) is 38.5. The minimum absolute atomic E-state index is 0.119. The fourth-order valence-corrected chi connectivity index (χ4v) is 9.63. The number of allylic oxidation sites excluding steroid dienone is 8. The van der Waals surface area contributed by atoms with E-state index in [1.165, 1.54) is 50.0 Å². The van der Waals surface area contributed by atoms with Crippen LogP contribution in [-0.2, 0) is 0 Å².